The van der Waals surface area contributed by atoms with Gasteiger partial charge in [-0.05, 0) is 31.2 Å². The maximum atomic E-state index is 12.2. The molecule has 0 aliphatic heterocycles. The lowest BCUT2D eigenvalue weighted by molar-refractivity contribution is -0.384. The summed E-state index contributed by atoms with van der Waals surface area (Å²) < 4.78 is 10.1. The van der Waals surface area contributed by atoms with Gasteiger partial charge in [0.25, 0.3) is 11.6 Å². The summed E-state index contributed by atoms with van der Waals surface area (Å²) >= 11 is 0. The topological polar surface area (TPSA) is 128 Å². The number of ether oxygens (including phenoxy) is 2. The lowest BCUT2D eigenvalue weighted by Gasteiger charge is -2.15. The molecule has 0 aliphatic carbocycles. The molecule has 9 nitrogen and oxygen atoms in total. The Morgan fingerprint density at radius 3 is 2.58 bits per heavy atom. The van der Waals surface area contributed by atoms with E-state index in [-0.39, 0.29) is 28.4 Å². The van der Waals surface area contributed by atoms with E-state index in [4.69, 9.17) is 9.47 Å². The zero-order valence-corrected chi connectivity index (χ0v) is 14.0. The number of nitrogens with one attached hydrogen (secondary N) is 1. The SMILES string of the molecule is COc1ccc([N+](=O)[O-])cc1NC(=O)[C@@H](C)OC(=O)c1cccc(O)c1. The smallest absolute Gasteiger partial charge is 0.339 e. The Kier molecular flexibility index (Phi) is 5.74. The highest BCUT2D eigenvalue weighted by atomic mass is 16.6. The van der Waals surface area contributed by atoms with Crippen LogP contribution in [0.5, 0.6) is 11.5 Å². The number of anilines is 1. The number of aromatic hydroxyl groups is 1. The van der Waals surface area contributed by atoms with Crippen molar-refractivity contribution < 1.29 is 29.1 Å². The fraction of sp³-hybridized carbons (Fsp3) is 0.176. The maximum absolute atomic E-state index is 12.2. The average Bonchev–Trinajstić information content (AvgIpc) is 2.61. The number of carbonyl (C=O) groups is 2. The highest BCUT2D eigenvalue weighted by Gasteiger charge is 2.21. The van der Waals surface area contributed by atoms with E-state index in [9.17, 15) is 24.8 Å². The van der Waals surface area contributed by atoms with Gasteiger partial charge in [0.05, 0.1) is 23.3 Å². The third-order valence-corrected chi connectivity index (χ3v) is 3.39. The molecule has 0 fully saturated rings. The predicted molar refractivity (Wildman–Crippen MR) is 91.3 cm³/mol. The summed E-state index contributed by atoms with van der Waals surface area (Å²) in [7, 11) is 1.35. The number of nitro benzene ring substituents is 1. The minimum atomic E-state index is -1.19. The van der Waals surface area contributed by atoms with Crippen molar-refractivity contribution in [3.05, 3.63) is 58.1 Å². The highest BCUT2D eigenvalue weighted by molar-refractivity contribution is 5.98. The van der Waals surface area contributed by atoms with Crippen molar-refractivity contribution in [1.82, 2.24) is 0 Å². The summed E-state index contributed by atoms with van der Waals surface area (Å²) in [5, 5.41) is 22.7. The Bertz CT molecular complexity index is 851. The molecule has 2 rings (SSSR count). The number of amides is 1. The molecular weight excluding hydrogens is 344 g/mol. The largest absolute Gasteiger partial charge is 0.508 e. The van der Waals surface area contributed by atoms with Crippen molar-refractivity contribution in [1.29, 1.82) is 0 Å². The van der Waals surface area contributed by atoms with Crippen LogP contribution in [-0.2, 0) is 9.53 Å². The Morgan fingerprint density at radius 2 is 1.96 bits per heavy atom. The van der Waals surface area contributed by atoms with Crippen LogP contribution in [0.2, 0.25) is 0 Å². The van der Waals surface area contributed by atoms with E-state index in [1.165, 1.54) is 50.4 Å². The summed E-state index contributed by atoms with van der Waals surface area (Å²) in [6.07, 6.45) is -1.19. The molecule has 2 aromatic carbocycles. The molecule has 0 spiro atoms. The number of nitro groups is 1. The van der Waals surface area contributed by atoms with Crippen LogP contribution in [-0.4, -0.2) is 35.1 Å². The van der Waals surface area contributed by atoms with E-state index in [0.717, 1.165) is 6.07 Å². The molecule has 0 saturated heterocycles. The van der Waals surface area contributed by atoms with Crippen LogP contribution in [0.25, 0.3) is 0 Å². The Labute approximate surface area is 148 Å². The number of phenols is 1. The minimum Gasteiger partial charge on any atom is -0.508 e. The van der Waals surface area contributed by atoms with Crippen LogP contribution in [0, 0.1) is 10.1 Å². The van der Waals surface area contributed by atoms with Gasteiger partial charge in [-0.1, -0.05) is 6.07 Å². The van der Waals surface area contributed by atoms with Gasteiger partial charge >= 0.3 is 5.97 Å². The van der Waals surface area contributed by atoms with Crippen molar-refractivity contribution in [2.75, 3.05) is 12.4 Å². The molecule has 0 aliphatic rings. The third kappa shape index (κ3) is 4.47. The number of rotatable bonds is 6. The maximum Gasteiger partial charge on any atom is 0.339 e. The van der Waals surface area contributed by atoms with Crippen molar-refractivity contribution in [2.45, 2.75) is 13.0 Å². The van der Waals surface area contributed by atoms with E-state index in [1.807, 2.05) is 0 Å². The number of carbonyl (C=O) groups excluding carboxylic acids is 2. The van der Waals surface area contributed by atoms with Crippen LogP contribution >= 0.6 is 0 Å². The normalized spacial score (nSPS) is 11.3. The summed E-state index contributed by atoms with van der Waals surface area (Å²) in [5.41, 5.74) is -0.0740. The molecule has 26 heavy (non-hydrogen) atoms. The molecule has 0 heterocycles. The number of hydrogen-bond acceptors (Lipinski definition) is 7. The minimum absolute atomic E-state index is 0.0759. The number of phenolic OH excluding ortho intramolecular Hbond substituents is 1. The molecule has 1 amide bonds. The second kappa shape index (κ2) is 7.97. The lowest BCUT2D eigenvalue weighted by atomic mass is 10.2. The molecule has 2 N–H and O–H groups in total. The summed E-state index contributed by atoms with van der Waals surface area (Å²) in [5.74, 6) is -1.39. The quantitative estimate of drug-likeness (QED) is 0.460. The average molecular weight is 360 g/mol. The van der Waals surface area contributed by atoms with Crippen molar-refractivity contribution in [3.63, 3.8) is 0 Å². The Balaban J connectivity index is 2.10. The monoisotopic (exact) mass is 360 g/mol. The molecule has 0 aromatic heterocycles. The Morgan fingerprint density at radius 1 is 1.23 bits per heavy atom. The second-order valence-electron chi connectivity index (χ2n) is 5.23. The number of nitrogens with zero attached hydrogens (tertiary/aromatic N) is 1. The first kappa shape index (κ1) is 18.7. The van der Waals surface area contributed by atoms with Crippen LogP contribution in [0.4, 0.5) is 11.4 Å². The van der Waals surface area contributed by atoms with E-state index in [0.29, 0.717) is 0 Å². The van der Waals surface area contributed by atoms with Gasteiger partial charge in [0.2, 0.25) is 0 Å². The van der Waals surface area contributed by atoms with Crippen LogP contribution in [0.3, 0.4) is 0 Å². The second-order valence-corrected chi connectivity index (χ2v) is 5.23. The first-order valence-electron chi connectivity index (χ1n) is 7.45. The van der Waals surface area contributed by atoms with E-state index < -0.39 is 22.9 Å². The Hall–Kier alpha value is -3.62. The highest BCUT2D eigenvalue weighted by Crippen LogP contribution is 2.29. The molecule has 0 bridgehead atoms. The molecule has 1 atom stereocenters. The fourth-order valence-corrected chi connectivity index (χ4v) is 2.06. The molecule has 0 saturated carbocycles. The number of benzene rings is 2. The van der Waals surface area contributed by atoms with Gasteiger partial charge in [-0.2, -0.15) is 0 Å². The van der Waals surface area contributed by atoms with Gasteiger partial charge in [-0.25, -0.2) is 4.79 Å². The third-order valence-electron chi connectivity index (χ3n) is 3.39. The van der Waals surface area contributed by atoms with Gasteiger partial charge in [-0.15, -0.1) is 0 Å². The number of non-ortho nitro benzene ring substituents is 1. The van der Waals surface area contributed by atoms with Gasteiger partial charge in [0.1, 0.15) is 11.5 Å². The fourth-order valence-electron chi connectivity index (χ4n) is 2.06. The summed E-state index contributed by atoms with van der Waals surface area (Å²) in [4.78, 5) is 34.5. The van der Waals surface area contributed by atoms with Crippen molar-refractivity contribution in [3.8, 4) is 11.5 Å². The standard InChI is InChI=1S/C17H16N2O7/c1-10(26-17(22)11-4-3-5-13(20)8-11)16(21)18-14-9-12(19(23)24)6-7-15(14)25-2/h3-10,20H,1-2H3,(H,18,21)/t10-/m1/s1. The van der Waals surface area contributed by atoms with Gasteiger partial charge in [-0.3, -0.25) is 14.9 Å². The first-order valence-corrected chi connectivity index (χ1v) is 7.45. The van der Waals surface area contributed by atoms with Crippen LogP contribution in [0.15, 0.2) is 42.5 Å². The summed E-state index contributed by atoms with van der Waals surface area (Å²) in [6, 6.07) is 9.20. The van der Waals surface area contributed by atoms with Gasteiger partial charge in [0.15, 0.2) is 6.10 Å². The molecule has 0 radical (unpaired) electrons. The first-order chi connectivity index (χ1) is 12.3. The predicted octanol–water partition coefficient (Wildman–Crippen LogP) is 2.49. The van der Waals surface area contributed by atoms with Crippen molar-refractivity contribution in [2.24, 2.45) is 0 Å². The summed E-state index contributed by atoms with van der Waals surface area (Å²) in [6.45, 7) is 1.35. The lowest BCUT2D eigenvalue weighted by Crippen LogP contribution is -2.30. The van der Waals surface area contributed by atoms with Crippen LogP contribution in [0.1, 0.15) is 17.3 Å². The van der Waals surface area contributed by atoms with E-state index in [1.54, 1.807) is 0 Å². The van der Waals surface area contributed by atoms with E-state index >= 15 is 0 Å². The number of esters is 1. The van der Waals surface area contributed by atoms with Crippen molar-refractivity contribution >= 4 is 23.3 Å². The zero-order valence-electron chi connectivity index (χ0n) is 14.0. The van der Waals surface area contributed by atoms with Crippen LogP contribution < -0.4 is 10.1 Å². The molecule has 0 unspecified atom stereocenters. The van der Waals surface area contributed by atoms with Gasteiger partial charge < -0.3 is 19.9 Å². The number of hydrogen-bond donors (Lipinski definition) is 2. The number of methoxy groups -OCH3 is 1. The molecule has 9 heteroatoms. The zero-order chi connectivity index (χ0) is 19.3. The molecule has 136 valence electrons. The van der Waals surface area contributed by atoms with Gasteiger partial charge in [0, 0.05) is 12.1 Å². The van der Waals surface area contributed by atoms with E-state index in [2.05, 4.69) is 5.32 Å². The molecule has 2 aromatic rings. The molecular formula is C17H16N2O7.